The van der Waals surface area contributed by atoms with Gasteiger partial charge in [0.15, 0.2) is 0 Å². The fourth-order valence-electron chi connectivity index (χ4n) is 3.30. The van der Waals surface area contributed by atoms with Crippen LogP contribution in [0.3, 0.4) is 0 Å². The summed E-state index contributed by atoms with van der Waals surface area (Å²) < 4.78 is 1.16. The second-order valence-corrected chi connectivity index (χ2v) is 7.51. The van der Waals surface area contributed by atoms with Gasteiger partial charge in [-0.3, -0.25) is 0 Å². The second-order valence-electron chi connectivity index (χ2n) is 6.65. The number of halogens is 1. The maximum atomic E-state index is 3.74. The van der Waals surface area contributed by atoms with Crippen LogP contribution in [0, 0.1) is 19.8 Å². The van der Waals surface area contributed by atoms with Crippen LogP contribution in [-0.2, 0) is 0 Å². The first-order valence-corrected chi connectivity index (χ1v) is 9.19. The predicted molar refractivity (Wildman–Crippen MR) is 109 cm³/mol. The van der Waals surface area contributed by atoms with Crippen molar-refractivity contribution in [2.24, 2.45) is 5.92 Å². The Kier molecular flexibility index (Phi) is 4.91. The largest absolute Gasteiger partial charge is 0.0614 e. The van der Waals surface area contributed by atoms with Crippen LogP contribution in [0.5, 0.6) is 0 Å². The third-order valence-corrected chi connectivity index (χ3v) is 5.50. The van der Waals surface area contributed by atoms with Gasteiger partial charge in [0.25, 0.3) is 0 Å². The zero-order valence-corrected chi connectivity index (χ0v) is 16.3. The molecule has 1 heteroatoms. The van der Waals surface area contributed by atoms with Gasteiger partial charge in [-0.15, -0.1) is 0 Å². The van der Waals surface area contributed by atoms with Gasteiger partial charge in [0.2, 0.25) is 0 Å². The van der Waals surface area contributed by atoms with Crippen molar-refractivity contribution in [1.29, 1.82) is 0 Å². The number of aryl methyl sites for hydroxylation is 2. The lowest BCUT2D eigenvalue weighted by molar-refractivity contribution is 0.890. The standard InChI is InChI=1S/C23H23Br/c1-15-7-5-8-19(13-15)20-9-6-10-21(18(4)17(20)3)22-12-11-16(2)14-23(22)24/h5-14,17H,1-4H3. The van der Waals surface area contributed by atoms with Gasteiger partial charge in [-0.2, -0.15) is 0 Å². The summed E-state index contributed by atoms with van der Waals surface area (Å²) in [7, 11) is 0. The number of hydrogen-bond acceptors (Lipinski definition) is 0. The Bertz CT molecular complexity index is 865. The van der Waals surface area contributed by atoms with Crippen molar-refractivity contribution in [3.63, 3.8) is 0 Å². The van der Waals surface area contributed by atoms with Gasteiger partial charge < -0.3 is 0 Å². The Hall–Kier alpha value is -1.86. The number of allylic oxidation sites excluding steroid dienone is 6. The Morgan fingerprint density at radius 1 is 0.917 bits per heavy atom. The van der Waals surface area contributed by atoms with Gasteiger partial charge in [0.05, 0.1) is 0 Å². The quantitative estimate of drug-likeness (QED) is 0.521. The molecule has 0 aromatic heterocycles. The maximum absolute atomic E-state index is 3.74. The molecule has 122 valence electrons. The molecule has 0 fully saturated rings. The molecule has 0 N–H and O–H groups in total. The highest BCUT2D eigenvalue weighted by Crippen LogP contribution is 2.38. The van der Waals surface area contributed by atoms with E-state index in [0.717, 1.165) is 4.47 Å². The molecule has 0 bridgehead atoms. The molecule has 0 nitrogen and oxygen atoms in total. The molecule has 0 radical (unpaired) electrons. The Labute approximate surface area is 153 Å². The van der Waals surface area contributed by atoms with Gasteiger partial charge in [-0.25, -0.2) is 0 Å². The van der Waals surface area contributed by atoms with E-state index >= 15 is 0 Å². The molecule has 1 atom stereocenters. The molecule has 0 saturated carbocycles. The van der Waals surface area contributed by atoms with Crippen LogP contribution in [0.4, 0.5) is 0 Å². The van der Waals surface area contributed by atoms with E-state index in [9.17, 15) is 0 Å². The molecule has 0 saturated heterocycles. The van der Waals surface area contributed by atoms with Crippen molar-refractivity contribution in [3.05, 3.63) is 93.0 Å². The summed E-state index contributed by atoms with van der Waals surface area (Å²) in [5.74, 6) is 0.380. The average molecular weight is 379 g/mol. The topological polar surface area (TPSA) is 0 Å². The van der Waals surface area contributed by atoms with Crippen LogP contribution in [-0.4, -0.2) is 0 Å². The molecular weight excluding hydrogens is 356 g/mol. The van der Waals surface area contributed by atoms with Crippen molar-refractivity contribution in [2.75, 3.05) is 0 Å². The van der Waals surface area contributed by atoms with E-state index in [1.807, 2.05) is 0 Å². The van der Waals surface area contributed by atoms with E-state index in [1.165, 1.54) is 39.0 Å². The minimum Gasteiger partial charge on any atom is -0.0614 e. The van der Waals surface area contributed by atoms with Gasteiger partial charge >= 0.3 is 0 Å². The van der Waals surface area contributed by atoms with Crippen LogP contribution in [0.15, 0.2) is 70.7 Å². The molecule has 1 aliphatic carbocycles. The summed E-state index contributed by atoms with van der Waals surface area (Å²) in [6, 6.07) is 15.4. The third kappa shape index (κ3) is 3.32. The fraction of sp³-hybridized carbons (Fsp3) is 0.217. The first-order chi connectivity index (χ1) is 11.5. The monoisotopic (exact) mass is 378 g/mol. The van der Waals surface area contributed by atoms with Crippen LogP contribution in [0.1, 0.15) is 36.1 Å². The molecule has 1 unspecified atom stereocenters. The molecule has 3 rings (SSSR count). The Balaban J connectivity index is 2.07. The van der Waals surface area contributed by atoms with Crippen molar-refractivity contribution in [2.45, 2.75) is 27.7 Å². The molecule has 0 heterocycles. The number of rotatable bonds is 2. The summed E-state index contributed by atoms with van der Waals surface area (Å²) >= 11 is 3.74. The van der Waals surface area contributed by atoms with E-state index in [0.29, 0.717) is 5.92 Å². The zero-order valence-electron chi connectivity index (χ0n) is 14.7. The first kappa shape index (κ1) is 17.0. The Morgan fingerprint density at radius 3 is 2.38 bits per heavy atom. The summed E-state index contributed by atoms with van der Waals surface area (Å²) in [4.78, 5) is 0. The molecule has 24 heavy (non-hydrogen) atoms. The highest BCUT2D eigenvalue weighted by molar-refractivity contribution is 9.10. The molecule has 2 aromatic rings. The zero-order chi connectivity index (χ0) is 17.3. The molecular formula is C23H23Br. The first-order valence-electron chi connectivity index (χ1n) is 8.40. The van der Waals surface area contributed by atoms with Gasteiger partial charge in [0.1, 0.15) is 0 Å². The fourth-order valence-corrected chi connectivity index (χ4v) is 4.01. The molecule has 2 aromatic carbocycles. The molecule has 0 spiro atoms. The SMILES string of the molecule is CC1=C(c2ccc(C)cc2Br)C=CC=C(c2cccc(C)c2)C1C. The van der Waals surface area contributed by atoms with Gasteiger partial charge in [0, 0.05) is 10.4 Å². The lowest BCUT2D eigenvalue weighted by Gasteiger charge is -2.19. The van der Waals surface area contributed by atoms with Crippen LogP contribution in [0.25, 0.3) is 11.1 Å². The van der Waals surface area contributed by atoms with E-state index in [-0.39, 0.29) is 0 Å². The van der Waals surface area contributed by atoms with E-state index < -0.39 is 0 Å². The lowest BCUT2D eigenvalue weighted by atomic mass is 9.85. The maximum Gasteiger partial charge on any atom is 0.0256 e. The van der Waals surface area contributed by atoms with Crippen molar-refractivity contribution >= 4 is 27.1 Å². The average Bonchev–Trinajstić information content (AvgIpc) is 2.68. The minimum absolute atomic E-state index is 0.380. The van der Waals surface area contributed by atoms with Crippen LogP contribution < -0.4 is 0 Å². The van der Waals surface area contributed by atoms with Crippen molar-refractivity contribution in [3.8, 4) is 0 Å². The highest BCUT2D eigenvalue weighted by atomic mass is 79.9. The predicted octanol–water partition coefficient (Wildman–Crippen LogP) is 7.13. The van der Waals surface area contributed by atoms with E-state index in [1.54, 1.807) is 0 Å². The normalized spacial score (nSPS) is 17.7. The van der Waals surface area contributed by atoms with Crippen molar-refractivity contribution in [1.82, 2.24) is 0 Å². The van der Waals surface area contributed by atoms with E-state index in [2.05, 4.69) is 104 Å². The molecule has 0 amide bonds. The summed E-state index contributed by atoms with van der Waals surface area (Å²) in [5.41, 5.74) is 9.25. The second kappa shape index (κ2) is 6.94. The van der Waals surface area contributed by atoms with Gasteiger partial charge in [-0.05, 0) is 54.7 Å². The number of hydrogen-bond donors (Lipinski definition) is 0. The molecule has 0 aliphatic heterocycles. The van der Waals surface area contributed by atoms with Crippen molar-refractivity contribution < 1.29 is 0 Å². The molecule has 1 aliphatic rings. The van der Waals surface area contributed by atoms with Crippen LogP contribution in [0.2, 0.25) is 0 Å². The van der Waals surface area contributed by atoms with E-state index in [4.69, 9.17) is 0 Å². The third-order valence-electron chi connectivity index (χ3n) is 4.85. The van der Waals surface area contributed by atoms with Gasteiger partial charge in [-0.1, -0.05) is 88.6 Å². The lowest BCUT2D eigenvalue weighted by Crippen LogP contribution is -2.02. The minimum atomic E-state index is 0.380. The smallest absolute Gasteiger partial charge is 0.0256 e. The summed E-state index contributed by atoms with van der Waals surface area (Å²) in [6.45, 7) is 8.84. The summed E-state index contributed by atoms with van der Waals surface area (Å²) in [5, 5.41) is 0. The number of benzene rings is 2. The highest BCUT2D eigenvalue weighted by Gasteiger charge is 2.19. The summed E-state index contributed by atoms with van der Waals surface area (Å²) in [6.07, 6.45) is 6.69. The van der Waals surface area contributed by atoms with Crippen LogP contribution >= 0.6 is 15.9 Å². The Morgan fingerprint density at radius 2 is 1.67 bits per heavy atom.